The van der Waals surface area contributed by atoms with Gasteiger partial charge in [-0.25, -0.2) is 9.80 Å². The minimum Gasteiger partial charge on any atom is -0.268 e. The summed E-state index contributed by atoms with van der Waals surface area (Å²) in [4.78, 5) is 55.6. The predicted molar refractivity (Wildman–Crippen MR) is 179 cm³/mol. The maximum atomic E-state index is 13.3. The molecule has 6 aromatic carbocycles. The van der Waals surface area contributed by atoms with Crippen LogP contribution in [0.2, 0.25) is 0 Å². The predicted octanol–water partition coefficient (Wildman–Crippen LogP) is 7.65. The van der Waals surface area contributed by atoms with Crippen molar-refractivity contribution in [3.8, 4) is 11.1 Å². The van der Waals surface area contributed by atoms with E-state index in [1.54, 1.807) is 48.5 Å². The molecular weight excluding hydrogens is 584 g/mol. The third-order valence-electron chi connectivity index (χ3n) is 9.66. The summed E-state index contributed by atoms with van der Waals surface area (Å²) in [5, 5.41) is 0. The number of rotatable bonds is 4. The lowest BCUT2D eigenvalue weighted by molar-refractivity contribution is 0.0910. The number of carbonyl (C=O) groups excluding carboxylic acids is 4. The lowest BCUT2D eigenvalue weighted by Gasteiger charge is -2.34. The molecule has 3 aliphatic rings. The quantitative estimate of drug-likeness (QED) is 0.193. The molecule has 0 atom stereocenters. The van der Waals surface area contributed by atoms with Crippen molar-refractivity contribution in [2.24, 2.45) is 0 Å². The van der Waals surface area contributed by atoms with Crippen LogP contribution in [0.1, 0.15) is 63.7 Å². The van der Waals surface area contributed by atoms with Crippen LogP contribution in [0.4, 0.5) is 11.4 Å². The maximum Gasteiger partial charge on any atom is 0.266 e. The van der Waals surface area contributed by atoms with Gasteiger partial charge in [0.2, 0.25) is 0 Å². The fourth-order valence-electron chi connectivity index (χ4n) is 7.59. The largest absolute Gasteiger partial charge is 0.268 e. The number of carbonyl (C=O) groups is 4. The Morgan fingerprint density at radius 2 is 0.596 bits per heavy atom. The molecule has 6 nitrogen and oxygen atoms in total. The van der Waals surface area contributed by atoms with Gasteiger partial charge in [-0.15, -0.1) is 0 Å². The van der Waals surface area contributed by atoms with Gasteiger partial charge in [0.05, 0.1) is 39.0 Å². The number of benzene rings is 6. The van der Waals surface area contributed by atoms with Gasteiger partial charge in [-0.05, 0) is 81.9 Å². The van der Waals surface area contributed by atoms with E-state index in [0.29, 0.717) is 33.6 Å². The smallest absolute Gasteiger partial charge is 0.266 e. The van der Waals surface area contributed by atoms with Crippen molar-refractivity contribution in [2.45, 2.75) is 5.41 Å². The first-order valence-corrected chi connectivity index (χ1v) is 15.4. The van der Waals surface area contributed by atoms with Gasteiger partial charge in [-0.2, -0.15) is 0 Å². The van der Waals surface area contributed by atoms with Crippen molar-refractivity contribution in [1.82, 2.24) is 0 Å². The molecule has 1 aliphatic carbocycles. The van der Waals surface area contributed by atoms with Crippen LogP contribution in [0.25, 0.3) is 11.1 Å². The van der Waals surface area contributed by atoms with Crippen LogP contribution in [-0.4, -0.2) is 23.6 Å². The summed E-state index contributed by atoms with van der Waals surface area (Å²) in [6.45, 7) is 0. The fourth-order valence-corrected chi connectivity index (χ4v) is 7.59. The summed E-state index contributed by atoms with van der Waals surface area (Å²) in [7, 11) is 0. The van der Waals surface area contributed by atoms with Gasteiger partial charge < -0.3 is 0 Å². The molecule has 0 bridgehead atoms. The molecule has 0 radical (unpaired) electrons. The van der Waals surface area contributed by atoms with E-state index in [1.807, 2.05) is 72.8 Å². The zero-order chi connectivity index (χ0) is 31.9. The van der Waals surface area contributed by atoms with Crippen molar-refractivity contribution < 1.29 is 19.2 Å². The number of amides is 4. The van der Waals surface area contributed by atoms with Crippen LogP contribution in [0.3, 0.4) is 0 Å². The van der Waals surface area contributed by atoms with Crippen molar-refractivity contribution in [3.63, 3.8) is 0 Å². The molecule has 0 unspecified atom stereocenters. The van der Waals surface area contributed by atoms with Gasteiger partial charge in [0.15, 0.2) is 0 Å². The number of imide groups is 2. The zero-order valence-electron chi connectivity index (χ0n) is 24.9. The molecule has 2 aliphatic heterocycles. The Kier molecular flexibility index (Phi) is 5.62. The molecule has 6 aromatic rings. The second-order valence-electron chi connectivity index (χ2n) is 11.9. The van der Waals surface area contributed by atoms with Gasteiger partial charge >= 0.3 is 0 Å². The summed E-state index contributed by atoms with van der Waals surface area (Å²) in [5.74, 6) is -1.36. The monoisotopic (exact) mass is 608 g/mol. The topological polar surface area (TPSA) is 74.8 Å². The van der Waals surface area contributed by atoms with Crippen LogP contribution in [-0.2, 0) is 5.41 Å². The fraction of sp³-hybridized carbons (Fsp3) is 0.0244. The zero-order valence-corrected chi connectivity index (χ0v) is 24.9. The van der Waals surface area contributed by atoms with Crippen molar-refractivity contribution >= 4 is 35.0 Å². The maximum absolute atomic E-state index is 13.3. The van der Waals surface area contributed by atoms with Crippen LogP contribution in [0.15, 0.2) is 146 Å². The van der Waals surface area contributed by atoms with Gasteiger partial charge in [0.25, 0.3) is 23.6 Å². The SMILES string of the molecule is O=C1c2ccccc2C(=O)N1c1ccc(C2(c3ccc(N4C(=O)c5ccccc5C4=O)cc3)c3ccccc3-c3ccccc32)cc1. The first-order valence-electron chi connectivity index (χ1n) is 15.4. The second-order valence-corrected chi connectivity index (χ2v) is 11.9. The number of fused-ring (bicyclic) bond motifs is 5. The van der Waals surface area contributed by atoms with Crippen molar-refractivity contribution in [1.29, 1.82) is 0 Å². The van der Waals surface area contributed by atoms with Crippen LogP contribution >= 0.6 is 0 Å². The van der Waals surface area contributed by atoms with Crippen molar-refractivity contribution in [2.75, 3.05) is 9.80 Å². The van der Waals surface area contributed by atoms with E-state index in [2.05, 4.69) is 24.3 Å². The minimum absolute atomic E-state index is 0.339. The van der Waals surface area contributed by atoms with E-state index in [4.69, 9.17) is 0 Å². The molecule has 222 valence electrons. The highest BCUT2D eigenvalue weighted by Gasteiger charge is 2.46. The molecule has 2 heterocycles. The normalized spacial score (nSPS) is 15.5. The Morgan fingerprint density at radius 1 is 0.319 bits per heavy atom. The third-order valence-corrected chi connectivity index (χ3v) is 9.66. The van der Waals surface area contributed by atoms with E-state index in [1.165, 1.54) is 9.80 Å². The molecule has 6 heteroatoms. The van der Waals surface area contributed by atoms with Crippen LogP contribution in [0.5, 0.6) is 0 Å². The molecule has 0 spiro atoms. The summed E-state index contributed by atoms with van der Waals surface area (Å²) < 4.78 is 0. The Morgan fingerprint density at radius 3 is 0.915 bits per heavy atom. The lowest BCUT2D eigenvalue weighted by Crippen LogP contribution is -2.31. The molecule has 0 saturated heterocycles. The standard InChI is InChI=1S/C41H24N2O4/c44-37-31-11-1-2-12-32(31)38(45)42(37)27-21-17-25(18-22-27)41(35-15-7-5-9-29(35)30-10-6-8-16-36(30)41)26-19-23-28(24-20-26)43-39(46)33-13-3-4-14-34(33)40(43)47/h1-24H. The van der Waals surface area contributed by atoms with E-state index >= 15 is 0 Å². The molecule has 0 N–H and O–H groups in total. The van der Waals surface area contributed by atoms with E-state index in [0.717, 1.165) is 33.4 Å². The Bertz CT molecular complexity index is 2100. The minimum atomic E-state index is -0.756. The second kappa shape index (κ2) is 9.80. The summed E-state index contributed by atoms with van der Waals surface area (Å²) >= 11 is 0. The van der Waals surface area contributed by atoms with Gasteiger partial charge in [0, 0.05) is 0 Å². The molecule has 0 fully saturated rings. The van der Waals surface area contributed by atoms with E-state index < -0.39 is 5.41 Å². The molecule has 0 aromatic heterocycles. The van der Waals surface area contributed by atoms with Crippen LogP contribution < -0.4 is 9.80 Å². The number of nitrogens with zero attached hydrogens (tertiary/aromatic N) is 2. The number of anilines is 2. The first kappa shape index (κ1) is 27.0. The number of hydrogen-bond donors (Lipinski definition) is 0. The number of hydrogen-bond acceptors (Lipinski definition) is 4. The summed E-state index contributed by atoms with van der Waals surface area (Å²) in [6, 6.07) is 45.6. The highest BCUT2D eigenvalue weighted by molar-refractivity contribution is 6.35. The van der Waals surface area contributed by atoms with E-state index in [9.17, 15) is 19.2 Å². The van der Waals surface area contributed by atoms with Gasteiger partial charge in [-0.3, -0.25) is 19.2 Å². The average molecular weight is 609 g/mol. The average Bonchev–Trinajstić information content (AvgIpc) is 3.67. The van der Waals surface area contributed by atoms with E-state index in [-0.39, 0.29) is 23.6 Å². The summed E-state index contributed by atoms with van der Waals surface area (Å²) in [6.07, 6.45) is 0. The lowest BCUT2D eigenvalue weighted by atomic mass is 9.67. The highest BCUT2D eigenvalue weighted by atomic mass is 16.2. The third kappa shape index (κ3) is 3.55. The van der Waals surface area contributed by atoms with Crippen molar-refractivity contribution in [3.05, 3.63) is 190 Å². The van der Waals surface area contributed by atoms with Gasteiger partial charge in [0.1, 0.15) is 0 Å². The molecular formula is C41H24N2O4. The molecule has 9 rings (SSSR count). The Hall–Kier alpha value is -6.40. The molecule has 4 amide bonds. The Balaban J connectivity index is 1.19. The first-order chi connectivity index (χ1) is 23.0. The summed E-state index contributed by atoms with van der Waals surface area (Å²) in [5.41, 5.74) is 8.11. The van der Waals surface area contributed by atoms with Crippen LogP contribution in [0, 0.1) is 0 Å². The molecule has 0 saturated carbocycles. The molecule has 47 heavy (non-hydrogen) atoms. The Labute approximate surface area is 270 Å². The van der Waals surface area contributed by atoms with Gasteiger partial charge in [-0.1, -0.05) is 97.1 Å². The highest BCUT2D eigenvalue weighted by Crippen LogP contribution is 2.56.